The van der Waals surface area contributed by atoms with Crippen molar-refractivity contribution in [1.29, 1.82) is 0 Å². The molecule has 1 aliphatic rings. The number of carbonyl (C=O) groups is 1. The molecule has 0 radical (unpaired) electrons. The molecule has 1 aliphatic heterocycles. The number of ether oxygens (including phenoxy) is 1. The van der Waals surface area contributed by atoms with Crippen LogP contribution in [0.1, 0.15) is 29.5 Å². The molecule has 0 aromatic heterocycles. The average Bonchev–Trinajstić information content (AvgIpc) is 2.53. The molecular formula is C19H28N2O2. The summed E-state index contributed by atoms with van der Waals surface area (Å²) in [5, 5.41) is 0. The molecule has 0 N–H and O–H groups in total. The van der Waals surface area contributed by atoms with Crippen LogP contribution < -0.4 is 4.74 Å². The maximum Gasteiger partial charge on any atom is 0.246 e. The molecule has 1 aromatic rings. The van der Waals surface area contributed by atoms with Crippen molar-refractivity contribution in [2.45, 2.75) is 32.7 Å². The number of nitrogens with zero attached hydrogens (tertiary/aromatic N) is 2. The second kappa shape index (κ2) is 7.64. The van der Waals surface area contributed by atoms with Gasteiger partial charge in [0.2, 0.25) is 5.91 Å². The van der Waals surface area contributed by atoms with Gasteiger partial charge in [-0.25, -0.2) is 0 Å². The summed E-state index contributed by atoms with van der Waals surface area (Å²) in [6.45, 7) is 6.20. The van der Waals surface area contributed by atoms with E-state index in [1.54, 1.807) is 13.2 Å². The van der Waals surface area contributed by atoms with Crippen molar-refractivity contribution in [1.82, 2.24) is 9.80 Å². The molecule has 0 atom stereocenters. The Bertz CT molecular complexity index is 564. The first kappa shape index (κ1) is 17.5. The molecule has 0 aliphatic carbocycles. The predicted molar refractivity (Wildman–Crippen MR) is 94.8 cm³/mol. The fraction of sp³-hybridized carbons (Fsp3) is 0.526. The van der Waals surface area contributed by atoms with Gasteiger partial charge in [-0.15, -0.1) is 0 Å². The molecule has 126 valence electrons. The van der Waals surface area contributed by atoms with Crippen molar-refractivity contribution >= 4 is 12.0 Å². The number of likely N-dealkylation sites (N-methyl/N-ethyl adjacent to an activating group) is 1. The number of benzene rings is 1. The van der Waals surface area contributed by atoms with E-state index in [4.69, 9.17) is 4.74 Å². The van der Waals surface area contributed by atoms with Gasteiger partial charge in [-0.2, -0.15) is 0 Å². The Labute approximate surface area is 139 Å². The number of carbonyl (C=O) groups excluding carboxylic acids is 1. The molecule has 1 aromatic carbocycles. The summed E-state index contributed by atoms with van der Waals surface area (Å²) < 4.78 is 5.28. The zero-order valence-corrected chi connectivity index (χ0v) is 14.9. The van der Waals surface area contributed by atoms with Gasteiger partial charge in [0.1, 0.15) is 5.75 Å². The molecule has 0 spiro atoms. The normalized spacial score (nSPS) is 16.7. The Morgan fingerprint density at radius 2 is 1.83 bits per heavy atom. The van der Waals surface area contributed by atoms with Crippen LogP contribution in [0.2, 0.25) is 0 Å². The summed E-state index contributed by atoms with van der Waals surface area (Å²) in [5.41, 5.74) is 3.33. The van der Waals surface area contributed by atoms with Crippen molar-refractivity contribution in [3.05, 3.63) is 34.9 Å². The highest BCUT2D eigenvalue weighted by Crippen LogP contribution is 2.23. The third-order valence-electron chi connectivity index (χ3n) is 4.78. The molecule has 0 saturated carbocycles. The summed E-state index contributed by atoms with van der Waals surface area (Å²) in [6.07, 6.45) is 5.72. The SMILES string of the molecule is COc1cc(C)c(/C=C/C(=O)N(C)C2CCN(C)CC2)c(C)c1. The van der Waals surface area contributed by atoms with Gasteiger partial charge in [-0.3, -0.25) is 4.79 Å². The number of aryl methyl sites for hydroxylation is 2. The zero-order valence-electron chi connectivity index (χ0n) is 14.9. The third-order valence-corrected chi connectivity index (χ3v) is 4.78. The molecule has 4 heteroatoms. The van der Waals surface area contributed by atoms with Gasteiger partial charge in [0.25, 0.3) is 0 Å². The number of hydrogen-bond donors (Lipinski definition) is 0. The second-order valence-corrected chi connectivity index (χ2v) is 6.49. The van der Waals surface area contributed by atoms with E-state index in [0.717, 1.165) is 48.4 Å². The fourth-order valence-corrected chi connectivity index (χ4v) is 3.15. The van der Waals surface area contributed by atoms with Crippen molar-refractivity contribution in [3.63, 3.8) is 0 Å². The van der Waals surface area contributed by atoms with E-state index in [9.17, 15) is 4.79 Å². The Morgan fingerprint density at radius 3 is 2.35 bits per heavy atom. The minimum absolute atomic E-state index is 0.0779. The molecular weight excluding hydrogens is 288 g/mol. The summed E-state index contributed by atoms with van der Waals surface area (Å²) in [5.74, 6) is 0.932. The van der Waals surface area contributed by atoms with Crippen LogP contribution in [0.4, 0.5) is 0 Å². The Kier molecular flexibility index (Phi) is 5.83. The van der Waals surface area contributed by atoms with Crippen LogP contribution in [0, 0.1) is 13.8 Å². The number of hydrogen-bond acceptors (Lipinski definition) is 3. The first-order chi connectivity index (χ1) is 10.9. The van der Waals surface area contributed by atoms with E-state index in [1.165, 1.54) is 0 Å². The van der Waals surface area contributed by atoms with Crippen molar-refractivity contribution in [3.8, 4) is 5.75 Å². The van der Waals surface area contributed by atoms with E-state index in [2.05, 4.69) is 11.9 Å². The van der Waals surface area contributed by atoms with Crippen LogP contribution in [0.5, 0.6) is 5.75 Å². The number of rotatable bonds is 4. The van der Waals surface area contributed by atoms with Crippen molar-refractivity contribution in [2.75, 3.05) is 34.3 Å². The number of amides is 1. The van der Waals surface area contributed by atoms with Crippen molar-refractivity contribution in [2.24, 2.45) is 0 Å². The smallest absolute Gasteiger partial charge is 0.246 e. The van der Waals surface area contributed by atoms with E-state index in [-0.39, 0.29) is 5.91 Å². The highest BCUT2D eigenvalue weighted by atomic mass is 16.5. The molecule has 0 bridgehead atoms. The minimum Gasteiger partial charge on any atom is -0.497 e. The molecule has 1 heterocycles. The Hall–Kier alpha value is -1.81. The summed E-state index contributed by atoms with van der Waals surface area (Å²) in [7, 11) is 5.72. The van der Waals surface area contributed by atoms with Gasteiger partial charge in [-0.05, 0) is 81.7 Å². The lowest BCUT2D eigenvalue weighted by molar-refractivity contribution is -0.127. The summed E-state index contributed by atoms with van der Waals surface area (Å²) >= 11 is 0. The number of methoxy groups -OCH3 is 1. The molecule has 4 nitrogen and oxygen atoms in total. The van der Waals surface area contributed by atoms with E-state index in [0.29, 0.717) is 6.04 Å². The Morgan fingerprint density at radius 1 is 1.26 bits per heavy atom. The van der Waals surface area contributed by atoms with Crippen LogP contribution >= 0.6 is 0 Å². The molecule has 1 fully saturated rings. The van der Waals surface area contributed by atoms with Crippen LogP contribution in [0.15, 0.2) is 18.2 Å². The first-order valence-electron chi connectivity index (χ1n) is 8.21. The minimum atomic E-state index is 0.0779. The van der Waals surface area contributed by atoms with Gasteiger partial charge >= 0.3 is 0 Å². The van der Waals surface area contributed by atoms with Gasteiger partial charge in [-0.1, -0.05) is 0 Å². The number of likely N-dealkylation sites (tertiary alicyclic amines) is 1. The average molecular weight is 316 g/mol. The lowest BCUT2D eigenvalue weighted by Gasteiger charge is -2.34. The lowest BCUT2D eigenvalue weighted by atomic mass is 10.0. The quantitative estimate of drug-likeness (QED) is 0.801. The van der Waals surface area contributed by atoms with Crippen LogP contribution in [0.3, 0.4) is 0 Å². The number of piperidine rings is 1. The third kappa shape index (κ3) is 4.35. The molecule has 2 rings (SSSR count). The highest BCUT2D eigenvalue weighted by molar-refractivity contribution is 5.92. The maximum absolute atomic E-state index is 12.4. The molecule has 1 amide bonds. The van der Waals surface area contributed by atoms with Gasteiger partial charge < -0.3 is 14.5 Å². The standard InChI is InChI=1S/C19H28N2O2/c1-14-12-17(23-5)13-15(2)18(14)6-7-19(22)21(4)16-8-10-20(3)11-9-16/h6-7,12-13,16H,8-11H2,1-5H3/b7-6+. The zero-order chi connectivity index (χ0) is 17.0. The molecule has 0 unspecified atom stereocenters. The maximum atomic E-state index is 12.4. The van der Waals surface area contributed by atoms with E-state index < -0.39 is 0 Å². The summed E-state index contributed by atoms with van der Waals surface area (Å²) in [6, 6.07) is 4.34. The summed E-state index contributed by atoms with van der Waals surface area (Å²) in [4.78, 5) is 16.6. The first-order valence-corrected chi connectivity index (χ1v) is 8.21. The predicted octanol–water partition coefficient (Wildman–Crippen LogP) is 2.88. The fourth-order valence-electron chi connectivity index (χ4n) is 3.15. The van der Waals surface area contributed by atoms with Gasteiger partial charge in [0, 0.05) is 19.2 Å². The van der Waals surface area contributed by atoms with E-state index >= 15 is 0 Å². The second-order valence-electron chi connectivity index (χ2n) is 6.49. The van der Waals surface area contributed by atoms with Crippen LogP contribution in [-0.4, -0.2) is 56.0 Å². The van der Waals surface area contributed by atoms with Gasteiger partial charge in [0.05, 0.1) is 7.11 Å². The molecule has 1 saturated heterocycles. The highest BCUT2D eigenvalue weighted by Gasteiger charge is 2.22. The molecule has 23 heavy (non-hydrogen) atoms. The lowest BCUT2D eigenvalue weighted by Crippen LogP contribution is -2.43. The van der Waals surface area contributed by atoms with Crippen LogP contribution in [0.25, 0.3) is 6.08 Å². The van der Waals surface area contributed by atoms with Gasteiger partial charge in [0.15, 0.2) is 0 Å². The van der Waals surface area contributed by atoms with Crippen molar-refractivity contribution < 1.29 is 9.53 Å². The Balaban J connectivity index is 2.06. The van der Waals surface area contributed by atoms with E-state index in [1.807, 2.05) is 44.0 Å². The van der Waals surface area contributed by atoms with Crippen LogP contribution in [-0.2, 0) is 4.79 Å². The monoisotopic (exact) mass is 316 g/mol. The topological polar surface area (TPSA) is 32.8 Å². The largest absolute Gasteiger partial charge is 0.497 e.